The first kappa shape index (κ1) is 11.0. The highest BCUT2D eigenvalue weighted by molar-refractivity contribution is 5.51. The summed E-state index contributed by atoms with van der Waals surface area (Å²) in [5.41, 5.74) is 1.11. The van der Waals surface area contributed by atoms with Crippen molar-refractivity contribution < 1.29 is 4.39 Å². The second kappa shape index (κ2) is 4.45. The largest absolute Gasteiger partial charge is 0.382 e. The Morgan fingerprint density at radius 2 is 1.93 bits per heavy atom. The van der Waals surface area contributed by atoms with Crippen LogP contribution in [-0.2, 0) is 6.42 Å². The fraction of sp³-hybridized carbons (Fsp3) is 0.500. The Hall–Kier alpha value is -1.05. The highest BCUT2D eigenvalue weighted by Crippen LogP contribution is 2.17. The summed E-state index contributed by atoms with van der Waals surface area (Å²) in [6.45, 7) is 5.61. The van der Waals surface area contributed by atoms with Crippen LogP contribution in [0.5, 0.6) is 0 Å². The molecule has 0 aliphatic rings. The predicted octanol–water partition coefficient (Wildman–Crippen LogP) is 3.41. The van der Waals surface area contributed by atoms with Gasteiger partial charge in [-0.3, -0.25) is 0 Å². The minimum atomic E-state index is -1.17. The Balaban J connectivity index is 2.67. The lowest BCUT2D eigenvalue weighted by Gasteiger charge is -2.17. The van der Waals surface area contributed by atoms with Gasteiger partial charge in [0.1, 0.15) is 5.67 Å². The average molecular weight is 195 g/mol. The van der Waals surface area contributed by atoms with E-state index < -0.39 is 5.67 Å². The third kappa shape index (κ3) is 3.36. The topological polar surface area (TPSA) is 12.0 Å². The summed E-state index contributed by atoms with van der Waals surface area (Å²) in [6.07, 6.45) is 0.968. The van der Waals surface area contributed by atoms with Crippen LogP contribution in [-0.4, -0.2) is 12.2 Å². The molecule has 0 spiro atoms. The van der Waals surface area contributed by atoms with Gasteiger partial charge >= 0.3 is 0 Å². The molecule has 1 aromatic rings. The van der Waals surface area contributed by atoms with Crippen LogP contribution in [0.25, 0.3) is 0 Å². The Labute approximate surface area is 85.3 Å². The Kier molecular flexibility index (Phi) is 3.50. The molecule has 78 valence electrons. The van der Waals surface area contributed by atoms with Gasteiger partial charge in [0.05, 0.1) is 0 Å². The first-order valence-electron chi connectivity index (χ1n) is 5.03. The Morgan fingerprint density at radius 3 is 2.50 bits per heavy atom. The van der Waals surface area contributed by atoms with Crippen LogP contribution in [0.4, 0.5) is 10.1 Å². The van der Waals surface area contributed by atoms with Crippen molar-refractivity contribution in [2.24, 2.45) is 0 Å². The van der Waals surface area contributed by atoms with E-state index in [0.717, 1.165) is 12.1 Å². The lowest BCUT2D eigenvalue weighted by Crippen LogP contribution is -2.24. The van der Waals surface area contributed by atoms with Gasteiger partial charge in [0.15, 0.2) is 0 Å². The van der Waals surface area contributed by atoms with Gasteiger partial charge in [0, 0.05) is 12.2 Å². The highest BCUT2D eigenvalue weighted by atomic mass is 19.1. The number of para-hydroxylation sites is 1. The van der Waals surface area contributed by atoms with Crippen molar-refractivity contribution in [3.05, 3.63) is 29.8 Å². The van der Waals surface area contributed by atoms with Crippen LogP contribution in [0, 0.1) is 0 Å². The average Bonchev–Trinajstić information content (AvgIpc) is 2.14. The van der Waals surface area contributed by atoms with Crippen LogP contribution >= 0.6 is 0 Å². The van der Waals surface area contributed by atoms with Crippen molar-refractivity contribution in [1.29, 1.82) is 0 Å². The first-order chi connectivity index (χ1) is 6.53. The zero-order valence-corrected chi connectivity index (χ0v) is 9.10. The van der Waals surface area contributed by atoms with Gasteiger partial charge < -0.3 is 5.32 Å². The summed E-state index contributed by atoms with van der Waals surface area (Å²) in [4.78, 5) is 0. The molecule has 1 nitrogen and oxygen atoms in total. The summed E-state index contributed by atoms with van der Waals surface area (Å²) in [5.74, 6) is 0. The minimum Gasteiger partial charge on any atom is -0.382 e. The predicted molar refractivity (Wildman–Crippen MR) is 59.5 cm³/mol. The quantitative estimate of drug-likeness (QED) is 0.776. The van der Waals surface area contributed by atoms with E-state index in [1.807, 2.05) is 18.2 Å². The van der Waals surface area contributed by atoms with Gasteiger partial charge in [-0.15, -0.1) is 0 Å². The summed E-state index contributed by atoms with van der Waals surface area (Å²) < 4.78 is 13.2. The molecule has 0 saturated heterocycles. The molecule has 0 saturated carbocycles. The smallest absolute Gasteiger partial charge is 0.122 e. The standard InChI is InChI=1S/C12H18FN/c1-4-10-7-5-6-8-11(10)14-9-12(2,3)13/h5-8,14H,4,9H2,1-3H3. The zero-order chi connectivity index (χ0) is 10.6. The monoisotopic (exact) mass is 195 g/mol. The number of nitrogens with one attached hydrogen (secondary N) is 1. The minimum absolute atomic E-state index is 0.351. The van der Waals surface area contributed by atoms with Crippen molar-refractivity contribution in [2.75, 3.05) is 11.9 Å². The molecule has 0 heterocycles. The van der Waals surface area contributed by atoms with Gasteiger partial charge in [-0.1, -0.05) is 25.1 Å². The third-order valence-electron chi connectivity index (χ3n) is 2.10. The molecule has 1 rings (SSSR count). The third-order valence-corrected chi connectivity index (χ3v) is 2.10. The molecule has 0 amide bonds. The van der Waals surface area contributed by atoms with Crippen molar-refractivity contribution in [3.63, 3.8) is 0 Å². The number of aryl methyl sites for hydroxylation is 1. The van der Waals surface area contributed by atoms with E-state index in [9.17, 15) is 4.39 Å². The van der Waals surface area contributed by atoms with Crippen LogP contribution in [0.2, 0.25) is 0 Å². The summed E-state index contributed by atoms with van der Waals surface area (Å²) in [7, 11) is 0. The molecular formula is C12H18FN. The van der Waals surface area contributed by atoms with Crippen LogP contribution in [0.3, 0.4) is 0 Å². The SMILES string of the molecule is CCc1ccccc1NCC(C)(C)F. The van der Waals surface area contributed by atoms with Gasteiger partial charge in [0.2, 0.25) is 0 Å². The van der Waals surface area contributed by atoms with Crippen LogP contribution < -0.4 is 5.32 Å². The molecule has 0 aromatic heterocycles. The maximum Gasteiger partial charge on any atom is 0.122 e. The fourth-order valence-corrected chi connectivity index (χ4v) is 1.31. The molecule has 0 unspecified atom stereocenters. The number of anilines is 1. The van der Waals surface area contributed by atoms with Gasteiger partial charge in [-0.25, -0.2) is 4.39 Å². The van der Waals surface area contributed by atoms with E-state index in [1.54, 1.807) is 13.8 Å². The molecule has 14 heavy (non-hydrogen) atoms. The molecule has 1 aromatic carbocycles. The zero-order valence-electron chi connectivity index (χ0n) is 9.10. The molecular weight excluding hydrogens is 177 g/mol. The number of hydrogen-bond donors (Lipinski definition) is 1. The van der Waals surface area contributed by atoms with Crippen molar-refractivity contribution in [1.82, 2.24) is 0 Å². The maximum absolute atomic E-state index is 13.2. The molecule has 0 atom stereocenters. The van der Waals surface area contributed by atoms with E-state index in [1.165, 1.54) is 5.56 Å². The molecule has 0 aliphatic heterocycles. The van der Waals surface area contributed by atoms with Crippen LogP contribution in [0.1, 0.15) is 26.3 Å². The van der Waals surface area contributed by atoms with Crippen molar-refractivity contribution in [2.45, 2.75) is 32.9 Å². The number of hydrogen-bond acceptors (Lipinski definition) is 1. The fourth-order valence-electron chi connectivity index (χ4n) is 1.31. The second-order valence-electron chi connectivity index (χ2n) is 4.08. The van der Waals surface area contributed by atoms with Gasteiger partial charge in [-0.2, -0.15) is 0 Å². The Morgan fingerprint density at radius 1 is 1.29 bits per heavy atom. The molecule has 0 radical (unpaired) electrons. The molecule has 0 bridgehead atoms. The number of benzene rings is 1. The van der Waals surface area contributed by atoms with Crippen molar-refractivity contribution >= 4 is 5.69 Å². The Bertz CT molecular complexity index is 289. The first-order valence-corrected chi connectivity index (χ1v) is 5.03. The van der Waals surface area contributed by atoms with Crippen molar-refractivity contribution in [3.8, 4) is 0 Å². The number of rotatable bonds is 4. The van der Waals surface area contributed by atoms with E-state index in [4.69, 9.17) is 0 Å². The number of alkyl halides is 1. The molecule has 0 fully saturated rings. The molecule has 2 heteroatoms. The maximum atomic E-state index is 13.2. The normalized spacial score (nSPS) is 11.4. The van der Waals surface area contributed by atoms with Gasteiger partial charge in [0.25, 0.3) is 0 Å². The highest BCUT2D eigenvalue weighted by Gasteiger charge is 2.14. The van der Waals surface area contributed by atoms with Gasteiger partial charge in [-0.05, 0) is 31.9 Å². The van der Waals surface area contributed by atoms with E-state index >= 15 is 0 Å². The van der Waals surface area contributed by atoms with E-state index in [-0.39, 0.29) is 0 Å². The van der Waals surface area contributed by atoms with E-state index in [2.05, 4.69) is 18.3 Å². The molecule has 0 aliphatic carbocycles. The van der Waals surface area contributed by atoms with Crippen LogP contribution in [0.15, 0.2) is 24.3 Å². The lowest BCUT2D eigenvalue weighted by molar-refractivity contribution is 0.235. The lowest BCUT2D eigenvalue weighted by atomic mass is 10.1. The summed E-state index contributed by atoms with van der Waals surface area (Å²) in [6, 6.07) is 8.02. The molecule has 1 N–H and O–H groups in total. The second-order valence-corrected chi connectivity index (χ2v) is 4.08. The summed E-state index contributed by atoms with van der Waals surface area (Å²) in [5, 5.41) is 3.13. The number of halogens is 1. The van der Waals surface area contributed by atoms with E-state index in [0.29, 0.717) is 6.54 Å². The summed E-state index contributed by atoms with van der Waals surface area (Å²) >= 11 is 0.